The number of nitrogens with zero attached hydrogens (tertiary/aromatic N) is 1. The number of methoxy groups -OCH3 is 1. The summed E-state index contributed by atoms with van der Waals surface area (Å²) >= 11 is 0. The summed E-state index contributed by atoms with van der Waals surface area (Å²) in [6, 6.07) is 12.6. The molecule has 32 heavy (non-hydrogen) atoms. The summed E-state index contributed by atoms with van der Waals surface area (Å²) in [4.78, 5) is 27.9. The Hall–Kier alpha value is -3.02. The molecule has 0 aliphatic heterocycles. The Balaban J connectivity index is 2.24. The number of nitrogens with one attached hydrogen (secondary N) is 1. The highest BCUT2D eigenvalue weighted by Crippen LogP contribution is 2.19. The van der Waals surface area contributed by atoms with Crippen molar-refractivity contribution in [1.82, 2.24) is 10.2 Å². The number of aryl methyl sites for hydroxylation is 2. The highest BCUT2D eigenvalue weighted by Gasteiger charge is 2.30. The van der Waals surface area contributed by atoms with E-state index in [4.69, 9.17) is 9.47 Å². The van der Waals surface area contributed by atoms with Gasteiger partial charge < -0.3 is 19.7 Å². The van der Waals surface area contributed by atoms with E-state index in [2.05, 4.69) is 5.32 Å². The van der Waals surface area contributed by atoms with E-state index in [1.165, 1.54) is 0 Å². The van der Waals surface area contributed by atoms with Crippen LogP contribution in [0.4, 0.5) is 0 Å². The lowest BCUT2D eigenvalue weighted by molar-refractivity contribution is -0.143. The Labute approximate surface area is 191 Å². The Bertz CT molecular complexity index is 916. The van der Waals surface area contributed by atoms with E-state index < -0.39 is 11.6 Å². The van der Waals surface area contributed by atoms with Crippen LogP contribution in [0, 0.1) is 13.8 Å². The van der Waals surface area contributed by atoms with Crippen LogP contribution in [0.15, 0.2) is 42.5 Å². The standard InChI is InChI=1S/C26H36N2O4/c1-8-23(25(30)27-26(4,5)6)28(16-20-10-13-21(31-7)14-11-20)24(29)17-32-22-12-9-18(2)19(3)15-22/h9-15,23H,8,16-17H2,1-7H3,(H,27,30). The topological polar surface area (TPSA) is 67.9 Å². The van der Waals surface area contributed by atoms with Gasteiger partial charge in [0.1, 0.15) is 17.5 Å². The van der Waals surface area contributed by atoms with Gasteiger partial charge in [-0.05, 0) is 82.0 Å². The van der Waals surface area contributed by atoms with Crippen molar-refractivity contribution in [1.29, 1.82) is 0 Å². The van der Waals surface area contributed by atoms with Crippen molar-refractivity contribution in [2.45, 2.75) is 66.1 Å². The molecule has 1 unspecified atom stereocenters. The molecule has 0 bridgehead atoms. The third-order valence-electron chi connectivity index (χ3n) is 5.24. The number of hydrogen-bond acceptors (Lipinski definition) is 4. The highest BCUT2D eigenvalue weighted by molar-refractivity contribution is 5.88. The van der Waals surface area contributed by atoms with Gasteiger partial charge in [0.2, 0.25) is 5.91 Å². The molecule has 0 heterocycles. The third-order valence-corrected chi connectivity index (χ3v) is 5.24. The Kier molecular flexibility index (Phi) is 8.70. The first kappa shape index (κ1) is 25.2. The molecule has 2 aromatic rings. The monoisotopic (exact) mass is 440 g/mol. The van der Waals surface area contributed by atoms with Crippen molar-refractivity contribution in [3.05, 3.63) is 59.2 Å². The van der Waals surface area contributed by atoms with Gasteiger partial charge in [0.05, 0.1) is 7.11 Å². The molecule has 1 N–H and O–H groups in total. The number of carbonyl (C=O) groups excluding carboxylic acids is 2. The SMILES string of the molecule is CCC(C(=O)NC(C)(C)C)N(Cc1ccc(OC)cc1)C(=O)COc1ccc(C)c(C)c1. The van der Waals surface area contributed by atoms with Crippen LogP contribution in [-0.4, -0.2) is 42.0 Å². The van der Waals surface area contributed by atoms with Crippen molar-refractivity contribution in [2.24, 2.45) is 0 Å². The Morgan fingerprint density at radius 1 is 1.00 bits per heavy atom. The quantitative estimate of drug-likeness (QED) is 0.627. The zero-order valence-corrected chi connectivity index (χ0v) is 20.3. The number of carbonyl (C=O) groups is 2. The third kappa shape index (κ3) is 7.29. The minimum Gasteiger partial charge on any atom is -0.497 e. The number of ether oxygens (including phenoxy) is 2. The largest absolute Gasteiger partial charge is 0.497 e. The van der Waals surface area contributed by atoms with E-state index in [9.17, 15) is 9.59 Å². The van der Waals surface area contributed by atoms with Gasteiger partial charge in [0.25, 0.3) is 5.91 Å². The van der Waals surface area contributed by atoms with Crippen LogP contribution in [-0.2, 0) is 16.1 Å². The average molecular weight is 441 g/mol. The van der Waals surface area contributed by atoms with E-state index in [1.807, 2.05) is 84.0 Å². The lowest BCUT2D eigenvalue weighted by Gasteiger charge is -2.33. The summed E-state index contributed by atoms with van der Waals surface area (Å²) in [6.07, 6.45) is 0.493. The first-order valence-corrected chi connectivity index (χ1v) is 11.0. The fourth-order valence-corrected chi connectivity index (χ4v) is 3.33. The second-order valence-electron chi connectivity index (χ2n) is 9.07. The van der Waals surface area contributed by atoms with Crippen molar-refractivity contribution in [2.75, 3.05) is 13.7 Å². The number of benzene rings is 2. The first-order chi connectivity index (χ1) is 15.0. The average Bonchev–Trinajstić information content (AvgIpc) is 2.73. The molecule has 0 aliphatic carbocycles. The minimum absolute atomic E-state index is 0.141. The van der Waals surface area contributed by atoms with Crippen LogP contribution in [0.2, 0.25) is 0 Å². The zero-order valence-electron chi connectivity index (χ0n) is 20.3. The summed E-state index contributed by atoms with van der Waals surface area (Å²) in [7, 11) is 1.61. The van der Waals surface area contributed by atoms with Gasteiger partial charge in [-0.1, -0.05) is 25.1 Å². The van der Waals surface area contributed by atoms with Gasteiger partial charge in [-0.25, -0.2) is 0 Å². The summed E-state index contributed by atoms with van der Waals surface area (Å²) in [6.45, 7) is 11.9. The number of amides is 2. The second kappa shape index (κ2) is 11.0. The molecule has 2 rings (SSSR count). The van der Waals surface area contributed by atoms with Crippen LogP contribution < -0.4 is 14.8 Å². The molecule has 1 atom stereocenters. The molecule has 0 saturated carbocycles. The Morgan fingerprint density at radius 3 is 2.16 bits per heavy atom. The second-order valence-corrected chi connectivity index (χ2v) is 9.07. The molecule has 174 valence electrons. The number of hydrogen-bond donors (Lipinski definition) is 1. The lowest BCUT2D eigenvalue weighted by Crippen LogP contribution is -2.54. The van der Waals surface area contributed by atoms with Crippen molar-refractivity contribution < 1.29 is 19.1 Å². The molecule has 6 heteroatoms. The molecule has 0 radical (unpaired) electrons. The van der Waals surface area contributed by atoms with Crippen molar-refractivity contribution >= 4 is 11.8 Å². The predicted octanol–water partition coefficient (Wildman–Crippen LogP) is 4.41. The minimum atomic E-state index is -0.604. The fraction of sp³-hybridized carbons (Fsp3) is 0.462. The molecular weight excluding hydrogens is 404 g/mol. The summed E-state index contributed by atoms with van der Waals surface area (Å²) < 4.78 is 11.0. The van der Waals surface area contributed by atoms with Gasteiger partial charge >= 0.3 is 0 Å². The smallest absolute Gasteiger partial charge is 0.261 e. The molecular formula is C26H36N2O4. The highest BCUT2D eigenvalue weighted by atomic mass is 16.5. The van der Waals surface area contributed by atoms with Crippen LogP contribution in [0.1, 0.15) is 50.8 Å². The molecule has 0 fully saturated rings. The van der Waals surface area contributed by atoms with E-state index in [1.54, 1.807) is 12.0 Å². The first-order valence-electron chi connectivity index (χ1n) is 11.0. The molecule has 0 saturated heterocycles. The summed E-state index contributed by atoms with van der Waals surface area (Å²) in [5.41, 5.74) is 2.78. The number of rotatable bonds is 9. The van der Waals surface area contributed by atoms with Gasteiger partial charge in [-0.2, -0.15) is 0 Å². The molecule has 0 aliphatic rings. The fourth-order valence-electron chi connectivity index (χ4n) is 3.33. The van der Waals surface area contributed by atoms with E-state index in [0.29, 0.717) is 18.7 Å². The molecule has 2 aromatic carbocycles. The van der Waals surface area contributed by atoms with E-state index in [-0.39, 0.29) is 18.4 Å². The maximum absolute atomic E-state index is 13.3. The van der Waals surface area contributed by atoms with E-state index >= 15 is 0 Å². The van der Waals surface area contributed by atoms with Crippen molar-refractivity contribution in [3.63, 3.8) is 0 Å². The van der Waals surface area contributed by atoms with Crippen LogP contribution >= 0.6 is 0 Å². The summed E-state index contributed by atoms with van der Waals surface area (Å²) in [5, 5.41) is 3.00. The van der Waals surface area contributed by atoms with Gasteiger partial charge in [-0.15, -0.1) is 0 Å². The van der Waals surface area contributed by atoms with Gasteiger partial charge in [-0.3, -0.25) is 9.59 Å². The molecule has 0 aromatic heterocycles. The van der Waals surface area contributed by atoms with Crippen LogP contribution in [0.3, 0.4) is 0 Å². The normalized spacial score (nSPS) is 12.1. The van der Waals surface area contributed by atoms with E-state index in [0.717, 1.165) is 22.4 Å². The predicted molar refractivity (Wildman–Crippen MR) is 127 cm³/mol. The van der Waals surface area contributed by atoms with Gasteiger partial charge in [0, 0.05) is 12.1 Å². The molecule has 6 nitrogen and oxygen atoms in total. The lowest BCUT2D eigenvalue weighted by atomic mass is 10.1. The van der Waals surface area contributed by atoms with Crippen LogP contribution in [0.25, 0.3) is 0 Å². The Morgan fingerprint density at radius 2 is 1.62 bits per heavy atom. The maximum atomic E-state index is 13.3. The van der Waals surface area contributed by atoms with Crippen LogP contribution in [0.5, 0.6) is 11.5 Å². The molecule has 0 spiro atoms. The molecule has 2 amide bonds. The van der Waals surface area contributed by atoms with Crippen molar-refractivity contribution in [3.8, 4) is 11.5 Å². The summed E-state index contributed by atoms with van der Waals surface area (Å²) in [5.74, 6) is 0.961. The van der Waals surface area contributed by atoms with Gasteiger partial charge in [0.15, 0.2) is 6.61 Å². The zero-order chi connectivity index (χ0) is 23.9. The maximum Gasteiger partial charge on any atom is 0.261 e.